The molecule has 0 unspecified atom stereocenters. The second kappa shape index (κ2) is 6.59. The molecule has 0 saturated heterocycles. The third kappa shape index (κ3) is 5.42. The van der Waals surface area contributed by atoms with E-state index in [1.165, 1.54) is 0 Å². The molecule has 0 aliphatic carbocycles. The summed E-state index contributed by atoms with van der Waals surface area (Å²) < 4.78 is 11.3. The van der Waals surface area contributed by atoms with Crippen LogP contribution in [-0.4, -0.2) is 24.8 Å². The van der Waals surface area contributed by atoms with Crippen LogP contribution in [0.4, 0.5) is 0 Å². The first kappa shape index (κ1) is 15.5. The number of ether oxygens (including phenoxy) is 2. The largest absolute Gasteiger partial charge is 0.460 e. The molecule has 0 aliphatic heterocycles. The molecule has 0 heterocycles. The minimum Gasteiger partial charge on any atom is -0.460 e. The quantitative estimate of drug-likeness (QED) is 0.518. The summed E-state index contributed by atoms with van der Waals surface area (Å²) >= 11 is 7.50. The van der Waals surface area contributed by atoms with Crippen molar-refractivity contribution in [1.82, 2.24) is 0 Å². The minimum absolute atomic E-state index is 0.224. The molecule has 0 atom stereocenters. The molecule has 0 bridgehead atoms. The van der Waals surface area contributed by atoms with Crippen molar-refractivity contribution in [2.24, 2.45) is 0 Å². The minimum atomic E-state index is -0.379. The van der Waals surface area contributed by atoms with Gasteiger partial charge in [-0.15, -0.1) is 12.6 Å². The summed E-state index contributed by atoms with van der Waals surface area (Å²) in [6.07, 6.45) is 0. The van der Waals surface area contributed by atoms with E-state index in [9.17, 15) is 4.79 Å². The van der Waals surface area contributed by atoms with Crippen LogP contribution in [-0.2, 0) is 9.47 Å². The van der Waals surface area contributed by atoms with Crippen molar-refractivity contribution in [1.29, 1.82) is 0 Å². The first-order chi connectivity index (χ1) is 8.29. The van der Waals surface area contributed by atoms with E-state index in [1.54, 1.807) is 18.2 Å². The molecule has 1 aromatic rings. The van der Waals surface area contributed by atoms with E-state index in [1.807, 2.05) is 20.8 Å². The zero-order valence-corrected chi connectivity index (χ0v) is 13.2. The van der Waals surface area contributed by atoms with Gasteiger partial charge in [-0.1, -0.05) is 0 Å². The molecule has 3 nitrogen and oxygen atoms in total. The topological polar surface area (TPSA) is 35.5 Å². The second-order valence-electron chi connectivity index (χ2n) is 4.76. The van der Waals surface area contributed by atoms with Gasteiger partial charge in [-0.25, -0.2) is 4.79 Å². The Morgan fingerprint density at radius 2 is 2.00 bits per heavy atom. The van der Waals surface area contributed by atoms with Crippen LogP contribution < -0.4 is 0 Å². The molecule has 1 aromatic carbocycles. The number of hydrogen-bond acceptors (Lipinski definition) is 4. The monoisotopic (exact) mass is 332 g/mol. The van der Waals surface area contributed by atoms with Crippen LogP contribution in [0.3, 0.4) is 0 Å². The van der Waals surface area contributed by atoms with Crippen LogP contribution >= 0.6 is 28.6 Å². The number of benzene rings is 1. The van der Waals surface area contributed by atoms with Gasteiger partial charge in [-0.2, -0.15) is 0 Å². The van der Waals surface area contributed by atoms with Crippen LogP contribution in [0.5, 0.6) is 0 Å². The Morgan fingerprint density at radius 1 is 1.33 bits per heavy atom. The van der Waals surface area contributed by atoms with Crippen molar-refractivity contribution >= 4 is 34.5 Å². The molecule has 0 radical (unpaired) electrons. The molecule has 18 heavy (non-hydrogen) atoms. The predicted molar refractivity (Wildman–Crippen MR) is 77.4 cm³/mol. The third-order valence-corrected chi connectivity index (χ3v) is 2.99. The summed E-state index contributed by atoms with van der Waals surface area (Å²) in [5, 5.41) is 0. The Labute approximate surface area is 121 Å². The summed E-state index contributed by atoms with van der Waals surface area (Å²) in [5.41, 5.74) is 0.246. The summed E-state index contributed by atoms with van der Waals surface area (Å²) in [6, 6.07) is 5.23. The van der Waals surface area contributed by atoms with E-state index >= 15 is 0 Å². The summed E-state index contributed by atoms with van der Waals surface area (Å²) in [6.45, 7) is 6.48. The lowest BCUT2D eigenvalue weighted by Crippen LogP contribution is -2.22. The SMILES string of the molecule is CC(C)(C)OCCOC(=O)c1cc(S)ccc1Br. The van der Waals surface area contributed by atoms with E-state index in [0.29, 0.717) is 16.6 Å². The lowest BCUT2D eigenvalue weighted by atomic mass is 10.2. The van der Waals surface area contributed by atoms with Gasteiger partial charge >= 0.3 is 5.97 Å². The van der Waals surface area contributed by atoms with Crippen LogP contribution in [0.15, 0.2) is 27.6 Å². The van der Waals surface area contributed by atoms with Crippen LogP contribution in [0.1, 0.15) is 31.1 Å². The molecule has 0 aromatic heterocycles. The van der Waals surface area contributed by atoms with E-state index in [4.69, 9.17) is 9.47 Å². The Kier molecular flexibility index (Phi) is 5.69. The third-order valence-electron chi connectivity index (χ3n) is 2.02. The van der Waals surface area contributed by atoms with Gasteiger partial charge in [-0.3, -0.25) is 0 Å². The molecule has 0 fully saturated rings. The number of halogens is 1. The molecule has 0 aliphatic rings. The molecule has 1 rings (SSSR count). The van der Waals surface area contributed by atoms with Crippen molar-refractivity contribution in [3.63, 3.8) is 0 Å². The lowest BCUT2D eigenvalue weighted by Gasteiger charge is -2.19. The highest BCUT2D eigenvalue weighted by Gasteiger charge is 2.13. The highest BCUT2D eigenvalue weighted by atomic mass is 79.9. The number of hydrogen-bond donors (Lipinski definition) is 1. The highest BCUT2D eigenvalue weighted by Crippen LogP contribution is 2.21. The number of carbonyl (C=O) groups excluding carboxylic acids is 1. The molecule has 0 N–H and O–H groups in total. The molecule has 0 saturated carbocycles. The van der Waals surface area contributed by atoms with Crippen LogP contribution in [0, 0.1) is 0 Å². The Bertz CT molecular complexity index is 427. The van der Waals surface area contributed by atoms with Gasteiger partial charge in [0.2, 0.25) is 0 Å². The fourth-order valence-corrected chi connectivity index (χ4v) is 1.84. The van der Waals surface area contributed by atoms with Gasteiger partial charge in [-0.05, 0) is 54.9 Å². The first-order valence-corrected chi connectivity index (χ1v) is 6.83. The van der Waals surface area contributed by atoms with Gasteiger partial charge in [0.05, 0.1) is 17.8 Å². The standard InChI is InChI=1S/C13H17BrO3S/c1-13(2,3)17-7-6-16-12(15)10-8-9(18)4-5-11(10)14/h4-5,8,18H,6-7H2,1-3H3. The Hall–Kier alpha value is -0.520. The van der Waals surface area contributed by atoms with Crippen LogP contribution in [0.2, 0.25) is 0 Å². The van der Waals surface area contributed by atoms with E-state index < -0.39 is 0 Å². The van der Waals surface area contributed by atoms with E-state index in [-0.39, 0.29) is 18.2 Å². The predicted octanol–water partition coefficient (Wildman–Crippen LogP) is 3.71. The van der Waals surface area contributed by atoms with Crippen LogP contribution in [0.25, 0.3) is 0 Å². The van der Waals surface area contributed by atoms with Gasteiger partial charge in [0, 0.05) is 9.37 Å². The number of thiol groups is 1. The summed E-state index contributed by atoms with van der Waals surface area (Å²) in [5.74, 6) is -0.379. The molecular weight excluding hydrogens is 316 g/mol. The van der Waals surface area contributed by atoms with Gasteiger partial charge in [0.25, 0.3) is 0 Å². The molecule has 100 valence electrons. The number of esters is 1. The summed E-state index contributed by atoms with van der Waals surface area (Å²) in [4.78, 5) is 12.5. The second-order valence-corrected chi connectivity index (χ2v) is 6.13. The lowest BCUT2D eigenvalue weighted by molar-refractivity contribution is -0.0281. The zero-order valence-electron chi connectivity index (χ0n) is 10.7. The smallest absolute Gasteiger partial charge is 0.339 e. The van der Waals surface area contributed by atoms with E-state index in [2.05, 4.69) is 28.6 Å². The Morgan fingerprint density at radius 3 is 2.61 bits per heavy atom. The highest BCUT2D eigenvalue weighted by molar-refractivity contribution is 9.10. The Balaban J connectivity index is 2.48. The normalized spacial score (nSPS) is 11.4. The molecular formula is C13H17BrO3S. The molecule has 0 amide bonds. The fraction of sp³-hybridized carbons (Fsp3) is 0.462. The molecule has 5 heteroatoms. The fourth-order valence-electron chi connectivity index (χ4n) is 1.23. The van der Waals surface area contributed by atoms with E-state index in [0.717, 1.165) is 4.90 Å². The average Bonchev–Trinajstić information content (AvgIpc) is 2.26. The first-order valence-electron chi connectivity index (χ1n) is 5.59. The van der Waals surface area contributed by atoms with Crippen molar-refractivity contribution < 1.29 is 14.3 Å². The molecule has 0 spiro atoms. The number of rotatable bonds is 4. The van der Waals surface area contributed by atoms with Gasteiger partial charge in [0.15, 0.2) is 0 Å². The van der Waals surface area contributed by atoms with Gasteiger partial charge < -0.3 is 9.47 Å². The van der Waals surface area contributed by atoms with Crippen molar-refractivity contribution in [2.45, 2.75) is 31.3 Å². The summed E-state index contributed by atoms with van der Waals surface area (Å²) in [7, 11) is 0. The van der Waals surface area contributed by atoms with Crippen molar-refractivity contribution in [3.05, 3.63) is 28.2 Å². The number of carbonyl (C=O) groups is 1. The van der Waals surface area contributed by atoms with Gasteiger partial charge in [0.1, 0.15) is 6.61 Å². The zero-order chi connectivity index (χ0) is 13.8. The average molecular weight is 333 g/mol. The maximum Gasteiger partial charge on any atom is 0.339 e. The van der Waals surface area contributed by atoms with Crippen molar-refractivity contribution in [2.75, 3.05) is 13.2 Å². The maximum absolute atomic E-state index is 11.8. The maximum atomic E-state index is 11.8. The van der Waals surface area contributed by atoms with Crippen molar-refractivity contribution in [3.8, 4) is 0 Å².